The SMILES string of the molecule is CC(C)C(NS(=O)(=O)c1ccc(F)cc1)C(=O)NC(C=O)CC1CCCCC1. The Morgan fingerprint density at radius 3 is 2.32 bits per heavy atom. The van der Waals surface area contributed by atoms with Crippen molar-refractivity contribution in [2.75, 3.05) is 0 Å². The van der Waals surface area contributed by atoms with Gasteiger partial charge in [-0.05, 0) is 42.5 Å². The minimum absolute atomic E-state index is 0.124. The predicted octanol–water partition coefficient (Wildman–Crippen LogP) is 2.78. The number of nitrogens with one attached hydrogen (secondary N) is 2. The highest BCUT2D eigenvalue weighted by molar-refractivity contribution is 7.89. The molecule has 1 aliphatic rings. The lowest BCUT2D eigenvalue weighted by Gasteiger charge is -2.27. The smallest absolute Gasteiger partial charge is 0.241 e. The largest absolute Gasteiger partial charge is 0.345 e. The van der Waals surface area contributed by atoms with E-state index in [2.05, 4.69) is 10.0 Å². The lowest BCUT2D eigenvalue weighted by Crippen LogP contribution is -2.52. The highest BCUT2D eigenvalue weighted by atomic mass is 32.2. The average molecular weight is 413 g/mol. The Morgan fingerprint density at radius 1 is 1.18 bits per heavy atom. The summed E-state index contributed by atoms with van der Waals surface area (Å²) < 4.78 is 40.5. The quantitative estimate of drug-likeness (QED) is 0.610. The van der Waals surface area contributed by atoms with Crippen LogP contribution in [0.1, 0.15) is 52.4 Å². The third-order valence-electron chi connectivity index (χ3n) is 5.16. The van der Waals surface area contributed by atoms with Gasteiger partial charge in [0.05, 0.1) is 10.9 Å². The van der Waals surface area contributed by atoms with Crippen LogP contribution in [-0.4, -0.2) is 32.7 Å². The number of hydrogen-bond acceptors (Lipinski definition) is 4. The number of benzene rings is 1. The summed E-state index contributed by atoms with van der Waals surface area (Å²) in [7, 11) is -4.00. The molecule has 1 aliphatic carbocycles. The first-order chi connectivity index (χ1) is 13.2. The zero-order chi connectivity index (χ0) is 20.7. The second kappa shape index (κ2) is 10.1. The van der Waals surface area contributed by atoms with Gasteiger partial charge in [0, 0.05) is 0 Å². The molecular weight excluding hydrogens is 383 g/mol. The monoisotopic (exact) mass is 412 g/mol. The Balaban J connectivity index is 2.05. The fourth-order valence-electron chi connectivity index (χ4n) is 3.54. The minimum Gasteiger partial charge on any atom is -0.345 e. The van der Waals surface area contributed by atoms with Gasteiger partial charge in [0.1, 0.15) is 18.1 Å². The first-order valence-corrected chi connectivity index (χ1v) is 11.2. The molecule has 0 spiro atoms. The Labute approximate surface area is 166 Å². The molecule has 2 rings (SSSR count). The van der Waals surface area contributed by atoms with E-state index in [9.17, 15) is 22.4 Å². The number of aldehydes is 1. The summed E-state index contributed by atoms with van der Waals surface area (Å²) in [6.07, 6.45) is 6.86. The number of carbonyl (C=O) groups is 2. The van der Waals surface area contributed by atoms with Gasteiger partial charge in [0.25, 0.3) is 0 Å². The number of hydrogen-bond donors (Lipinski definition) is 2. The van der Waals surface area contributed by atoms with E-state index < -0.39 is 33.8 Å². The van der Waals surface area contributed by atoms with Crippen LogP contribution in [0, 0.1) is 17.7 Å². The molecule has 28 heavy (non-hydrogen) atoms. The summed E-state index contributed by atoms with van der Waals surface area (Å²) in [6.45, 7) is 3.43. The van der Waals surface area contributed by atoms with E-state index in [-0.39, 0.29) is 10.8 Å². The fourth-order valence-corrected chi connectivity index (χ4v) is 4.89. The van der Waals surface area contributed by atoms with Crippen molar-refractivity contribution in [1.82, 2.24) is 10.0 Å². The summed E-state index contributed by atoms with van der Waals surface area (Å²) >= 11 is 0. The van der Waals surface area contributed by atoms with Crippen LogP contribution in [0.3, 0.4) is 0 Å². The van der Waals surface area contributed by atoms with Gasteiger partial charge < -0.3 is 10.1 Å². The van der Waals surface area contributed by atoms with Crippen molar-refractivity contribution in [3.63, 3.8) is 0 Å². The van der Waals surface area contributed by atoms with Crippen LogP contribution in [-0.2, 0) is 19.6 Å². The zero-order valence-electron chi connectivity index (χ0n) is 16.4. The molecule has 6 nitrogen and oxygen atoms in total. The van der Waals surface area contributed by atoms with E-state index >= 15 is 0 Å². The lowest BCUT2D eigenvalue weighted by atomic mass is 9.85. The Morgan fingerprint density at radius 2 is 1.79 bits per heavy atom. The van der Waals surface area contributed by atoms with Gasteiger partial charge in [-0.15, -0.1) is 0 Å². The third kappa shape index (κ3) is 6.38. The van der Waals surface area contributed by atoms with Gasteiger partial charge in [0.15, 0.2) is 0 Å². The van der Waals surface area contributed by atoms with Crippen molar-refractivity contribution in [2.45, 2.75) is 69.4 Å². The maximum absolute atomic E-state index is 13.1. The average Bonchev–Trinajstić information content (AvgIpc) is 2.66. The van der Waals surface area contributed by atoms with Gasteiger partial charge in [-0.2, -0.15) is 4.72 Å². The second-order valence-corrected chi connectivity index (χ2v) is 9.50. The van der Waals surface area contributed by atoms with E-state index in [0.29, 0.717) is 12.3 Å². The first kappa shape index (κ1) is 22.5. The highest BCUT2D eigenvalue weighted by Crippen LogP contribution is 2.27. The normalized spacial score (nSPS) is 17.9. The molecule has 0 bridgehead atoms. The molecule has 2 N–H and O–H groups in total. The van der Waals surface area contributed by atoms with Crippen LogP contribution in [0.4, 0.5) is 4.39 Å². The Kier molecular flexibility index (Phi) is 8.12. The van der Waals surface area contributed by atoms with Crippen LogP contribution in [0.15, 0.2) is 29.2 Å². The molecule has 2 unspecified atom stereocenters. The fraction of sp³-hybridized carbons (Fsp3) is 0.600. The van der Waals surface area contributed by atoms with Crippen molar-refractivity contribution in [3.05, 3.63) is 30.1 Å². The predicted molar refractivity (Wildman–Crippen MR) is 105 cm³/mol. The molecule has 0 aromatic heterocycles. The zero-order valence-corrected chi connectivity index (χ0v) is 17.2. The minimum atomic E-state index is -4.00. The molecule has 156 valence electrons. The molecule has 2 atom stereocenters. The maximum Gasteiger partial charge on any atom is 0.241 e. The van der Waals surface area contributed by atoms with Gasteiger partial charge in [-0.25, -0.2) is 12.8 Å². The third-order valence-corrected chi connectivity index (χ3v) is 6.62. The first-order valence-electron chi connectivity index (χ1n) is 9.76. The number of halogens is 1. The van der Waals surface area contributed by atoms with Crippen LogP contribution >= 0.6 is 0 Å². The van der Waals surface area contributed by atoms with E-state index in [1.165, 1.54) is 6.42 Å². The number of sulfonamides is 1. The molecule has 1 saturated carbocycles. The van der Waals surface area contributed by atoms with Gasteiger partial charge in [0.2, 0.25) is 15.9 Å². The summed E-state index contributed by atoms with van der Waals surface area (Å²) in [5.74, 6) is -1.02. The summed E-state index contributed by atoms with van der Waals surface area (Å²) in [4.78, 5) is 24.0. The maximum atomic E-state index is 13.1. The summed E-state index contributed by atoms with van der Waals surface area (Å²) in [5.41, 5.74) is 0. The van der Waals surface area contributed by atoms with Gasteiger partial charge >= 0.3 is 0 Å². The van der Waals surface area contributed by atoms with Crippen molar-refractivity contribution < 1.29 is 22.4 Å². The summed E-state index contributed by atoms with van der Waals surface area (Å²) in [5, 5.41) is 2.68. The molecule has 0 saturated heterocycles. The molecule has 1 aromatic carbocycles. The molecule has 1 aromatic rings. The topological polar surface area (TPSA) is 92.3 Å². The Hall–Kier alpha value is -1.80. The molecule has 8 heteroatoms. The van der Waals surface area contributed by atoms with E-state index in [1.807, 2.05) is 0 Å². The molecule has 0 aliphatic heterocycles. The van der Waals surface area contributed by atoms with Crippen LogP contribution < -0.4 is 10.0 Å². The van der Waals surface area contributed by atoms with Gasteiger partial charge in [-0.3, -0.25) is 4.79 Å². The molecule has 1 fully saturated rings. The molecule has 0 heterocycles. The van der Waals surface area contributed by atoms with Crippen molar-refractivity contribution >= 4 is 22.2 Å². The number of rotatable bonds is 9. The Bertz CT molecular complexity index is 759. The molecular formula is C20H29FN2O4S. The summed E-state index contributed by atoms with van der Waals surface area (Å²) in [6, 6.07) is 2.71. The van der Waals surface area contributed by atoms with Crippen molar-refractivity contribution in [2.24, 2.45) is 11.8 Å². The number of amides is 1. The second-order valence-electron chi connectivity index (χ2n) is 7.79. The standard InChI is InChI=1S/C20H29FN2O4S/c1-14(2)19(23-28(26,27)18-10-8-16(21)9-11-18)20(25)22-17(13-24)12-15-6-4-3-5-7-15/h8-11,13-15,17,19,23H,3-7,12H2,1-2H3,(H,22,25). The van der Waals surface area contributed by atoms with Crippen molar-refractivity contribution in [1.29, 1.82) is 0 Å². The van der Waals surface area contributed by atoms with Crippen LogP contribution in [0.2, 0.25) is 0 Å². The van der Waals surface area contributed by atoms with Crippen LogP contribution in [0.25, 0.3) is 0 Å². The van der Waals surface area contributed by atoms with E-state index in [0.717, 1.165) is 56.2 Å². The van der Waals surface area contributed by atoms with Crippen LogP contribution in [0.5, 0.6) is 0 Å². The van der Waals surface area contributed by atoms with Gasteiger partial charge in [-0.1, -0.05) is 46.0 Å². The molecule has 0 radical (unpaired) electrons. The van der Waals surface area contributed by atoms with Crippen molar-refractivity contribution in [3.8, 4) is 0 Å². The number of carbonyl (C=O) groups excluding carboxylic acids is 2. The van der Waals surface area contributed by atoms with E-state index in [1.54, 1.807) is 13.8 Å². The van der Waals surface area contributed by atoms with E-state index in [4.69, 9.17) is 0 Å². The highest BCUT2D eigenvalue weighted by Gasteiger charge is 2.30. The molecule has 1 amide bonds. The lowest BCUT2D eigenvalue weighted by molar-refractivity contribution is -0.126.